The number of nitrogens with one attached hydrogen (secondary N) is 1. The van der Waals surface area contributed by atoms with Crippen molar-refractivity contribution in [3.8, 4) is 0 Å². The molecular weight excluding hydrogens is 312 g/mol. The van der Waals surface area contributed by atoms with Crippen molar-refractivity contribution in [2.24, 2.45) is 0 Å². The summed E-state index contributed by atoms with van der Waals surface area (Å²) in [6, 6.07) is 3.84. The Labute approximate surface area is 119 Å². The quantitative estimate of drug-likeness (QED) is 0.935. The zero-order chi connectivity index (χ0) is 13.5. The summed E-state index contributed by atoms with van der Waals surface area (Å²) in [4.78, 5) is 4.41. The van der Waals surface area contributed by atoms with Crippen LogP contribution in [0.3, 0.4) is 0 Å². The first kappa shape index (κ1) is 12.8. The first-order chi connectivity index (χ1) is 9.03. The van der Waals surface area contributed by atoms with Crippen molar-refractivity contribution in [3.05, 3.63) is 22.8 Å². The highest BCUT2D eigenvalue weighted by Gasteiger charge is 2.32. The molecule has 0 aromatic carbocycles. The highest BCUT2D eigenvalue weighted by atomic mass is 79.9. The van der Waals surface area contributed by atoms with Gasteiger partial charge in [-0.15, -0.1) is 5.10 Å². The molecule has 1 atom stereocenters. The number of ether oxygens (including phenoxy) is 2. The maximum Gasteiger partial charge on any atom is 0.243 e. The monoisotopic (exact) mass is 326 g/mol. The average Bonchev–Trinajstić information content (AvgIpc) is 2.91. The van der Waals surface area contributed by atoms with Crippen molar-refractivity contribution >= 4 is 27.5 Å². The molecule has 0 spiro atoms. The van der Waals surface area contributed by atoms with Gasteiger partial charge in [-0.05, 0) is 41.9 Å². The second kappa shape index (κ2) is 4.73. The third-order valence-corrected chi connectivity index (χ3v) is 3.49. The van der Waals surface area contributed by atoms with Crippen molar-refractivity contribution in [1.82, 2.24) is 14.6 Å². The molecule has 1 N–H and O–H groups in total. The summed E-state index contributed by atoms with van der Waals surface area (Å²) in [6.07, 6.45) is 1.88. The summed E-state index contributed by atoms with van der Waals surface area (Å²) in [6.45, 7) is 5.02. The van der Waals surface area contributed by atoms with Gasteiger partial charge in [0.25, 0.3) is 0 Å². The van der Waals surface area contributed by atoms with Crippen LogP contribution in [0, 0.1) is 0 Å². The Morgan fingerprint density at radius 3 is 3.11 bits per heavy atom. The Balaban J connectivity index is 1.68. The third kappa shape index (κ3) is 2.72. The molecule has 7 heteroatoms. The highest BCUT2D eigenvalue weighted by molar-refractivity contribution is 9.10. The largest absolute Gasteiger partial charge is 0.350 e. The number of hydrogen-bond donors (Lipinski definition) is 1. The van der Waals surface area contributed by atoms with Crippen LogP contribution in [0.1, 0.15) is 13.8 Å². The van der Waals surface area contributed by atoms with E-state index in [1.54, 1.807) is 4.52 Å². The molecule has 0 aliphatic carbocycles. The predicted octanol–water partition coefficient (Wildman–Crippen LogP) is 2.06. The summed E-state index contributed by atoms with van der Waals surface area (Å²) >= 11 is 3.45. The molecule has 1 aliphatic heterocycles. The molecule has 2 aromatic rings. The molecule has 0 radical (unpaired) electrons. The molecule has 3 heterocycles. The van der Waals surface area contributed by atoms with Crippen LogP contribution in [-0.4, -0.2) is 39.6 Å². The molecule has 1 unspecified atom stereocenters. The zero-order valence-electron chi connectivity index (χ0n) is 10.8. The van der Waals surface area contributed by atoms with Gasteiger partial charge in [0.1, 0.15) is 6.10 Å². The van der Waals surface area contributed by atoms with E-state index in [0.29, 0.717) is 19.1 Å². The Kier molecular flexibility index (Phi) is 3.20. The molecular formula is C12H15BrN4O2. The van der Waals surface area contributed by atoms with Crippen molar-refractivity contribution in [3.63, 3.8) is 0 Å². The number of rotatable bonds is 3. The lowest BCUT2D eigenvalue weighted by atomic mass is 10.4. The van der Waals surface area contributed by atoms with E-state index < -0.39 is 5.79 Å². The molecule has 1 fully saturated rings. The molecule has 1 aliphatic rings. The predicted molar refractivity (Wildman–Crippen MR) is 74.1 cm³/mol. The minimum absolute atomic E-state index is 0.0186. The molecule has 102 valence electrons. The molecule has 0 bridgehead atoms. The number of pyridine rings is 1. The standard InChI is InChI=1S/C12H15BrN4O2/c1-12(2)18-7-8(19-12)6-14-11-15-10-9(13)4-3-5-17(10)16-11/h3-5,8H,6-7H2,1-2H3,(H,14,16). The third-order valence-electron chi connectivity index (χ3n) is 2.87. The Hall–Kier alpha value is -1.18. The first-order valence-electron chi connectivity index (χ1n) is 6.10. The van der Waals surface area contributed by atoms with Gasteiger partial charge in [0.15, 0.2) is 11.4 Å². The van der Waals surface area contributed by atoms with Crippen LogP contribution < -0.4 is 5.32 Å². The van der Waals surface area contributed by atoms with Gasteiger partial charge in [0.2, 0.25) is 5.95 Å². The van der Waals surface area contributed by atoms with Crippen LogP contribution in [-0.2, 0) is 9.47 Å². The minimum atomic E-state index is -0.498. The van der Waals surface area contributed by atoms with E-state index in [0.717, 1.165) is 10.1 Å². The molecule has 1 saturated heterocycles. The Morgan fingerprint density at radius 1 is 1.58 bits per heavy atom. The summed E-state index contributed by atoms with van der Waals surface area (Å²) in [5.41, 5.74) is 0.786. The lowest BCUT2D eigenvalue weighted by molar-refractivity contribution is -0.136. The smallest absolute Gasteiger partial charge is 0.243 e. The van der Waals surface area contributed by atoms with Crippen LogP contribution >= 0.6 is 15.9 Å². The molecule has 19 heavy (non-hydrogen) atoms. The number of halogens is 1. The van der Waals surface area contributed by atoms with Crippen LogP contribution in [0.5, 0.6) is 0 Å². The zero-order valence-corrected chi connectivity index (χ0v) is 12.3. The number of hydrogen-bond acceptors (Lipinski definition) is 5. The average molecular weight is 327 g/mol. The number of nitrogens with zero attached hydrogens (tertiary/aromatic N) is 3. The number of aromatic nitrogens is 3. The summed E-state index contributed by atoms with van der Waals surface area (Å²) in [7, 11) is 0. The second-order valence-corrected chi connectivity index (χ2v) is 5.75. The van der Waals surface area contributed by atoms with E-state index in [1.807, 2.05) is 32.2 Å². The van der Waals surface area contributed by atoms with E-state index in [2.05, 4.69) is 31.3 Å². The van der Waals surface area contributed by atoms with Gasteiger partial charge in [-0.1, -0.05) is 0 Å². The van der Waals surface area contributed by atoms with Gasteiger partial charge < -0.3 is 14.8 Å². The Morgan fingerprint density at radius 2 is 2.42 bits per heavy atom. The van der Waals surface area contributed by atoms with Crippen molar-refractivity contribution in [2.75, 3.05) is 18.5 Å². The maximum absolute atomic E-state index is 5.71. The molecule has 0 saturated carbocycles. The van der Waals surface area contributed by atoms with Crippen LogP contribution in [0.25, 0.3) is 5.65 Å². The molecule has 6 nitrogen and oxygen atoms in total. The Bertz CT molecular complexity index is 598. The molecule has 2 aromatic heterocycles. The van der Waals surface area contributed by atoms with E-state index >= 15 is 0 Å². The van der Waals surface area contributed by atoms with Gasteiger partial charge in [0.05, 0.1) is 11.1 Å². The van der Waals surface area contributed by atoms with Crippen molar-refractivity contribution in [1.29, 1.82) is 0 Å². The maximum atomic E-state index is 5.71. The van der Waals surface area contributed by atoms with E-state index in [1.165, 1.54) is 0 Å². The van der Waals surface area contributed by atoms with E-state index in [9.17, 15) is 0 Å². The van der Waals surface area contributed by atoms with Crippen molar-refractivity contribution < 1.29 is 9.47 Å². The highest BCUT2D eigenvalue weighted by Crippen LogP contribution is 2.22. The lowest BCUT2D eigenvalue weighted by Crippen LogP contribution is -2.26. The minimum Gasteiger partial charge on any atom is -0.350 e. The fourth-order valence-corrected chi connectivity index (χ4v) is 2.44. The van der Waals surface area contributed by atoms with E-state index in [-0.39, 0.29) is 6.10 Å². The van der Waals surface area contributed by atoms with Gasteiger partial charge in [-0.25, -0.2) is 4.52 Å². The normalized spacial score (nSPS) is 21.9. The summed E-state index contributed by atoms with van der Waals surface area (Å²) < 4.78 is 13.9. The van der Waals surface area contributed by atoms with Gasteiger partial charge in [0, 0.05) is 12.7 Å². The summed E-state index contributed by atoms with van der Waals surface area (Å²) in [5.74, 6) is 0.0852. The molecule has 0 amide bonds. The van der Waals surface area contributed by atoms with Crippen LogP contribution in [0.4, 0.5) is 5.95 Å². The molecule has 3 rings (SSSR count). The first-order valence-corrected chi connectivity index (χ1v) is 6.89. The van der Waals surface area contributed by atoms with Gasteiger partial charge >= 0.3 is 0 Å². The summed E-state index contributed by atoms with van der Waals surface area (Å²) in [5, 5.41) is 7.51. The fourth-order valence-electron chi connectivity index (χ4n) is 2.02. The van der Waals surface area contributed by atoms with Crippen LogP contribution in [0.2, 0.25) is 0 Å². The van der Waals surface area contributed by atoms with Gasteiger partial charge in [-0.3, -0.25) is 0 Å². The SMILES string of the molecule is CC1(C)OCC(CNc2nc3c(Br)cccn3n2)O1. The lowest BCUT2D eigenvalue weighted by Gasteiger charge is -2.16. The topological polar surface area (TPSA) is 60.7 Å². The number of fused-ring (bicyclic) bond motifs is 1. The fraction of sp³-hybridized carbons (Fsp3) is 0.500. The second-order valence-electron chi connectivity index (χ2n) is 4.89. The van der Waals surface area contributed by atoms with Crippen molar-refractivity contribution in [2.45, 2.75) is 25.7 Å². The number of anilines is 1. The van der Waals surface area contributed by atoms with Gasteiger partial charge in [-0.2, -0.15) is 4.98 Å². The van der Waals surface area contributed by atoms with Crippen LogP contribution in [0.15, 0.2) is 22.8 Å². The van der Waals surface area contributed by atoms with E-state index in [4.69, 9.17) is 9.47 Å².